The van der Waals surface area contributed by atoms with E-state index in [1.165, 1.54) is 6.20 Å². The first-order valence-electron chi connectivity index (χ1n) is 6.62. The summed E-state index contributed by atoms with van der Waals surface area (Å²) in [5.41, 5.74) is 5.79. The highest BCUT2D eigenvalue weighted by Crippen LogP contribution is 2.44. The Hall–Kier alpha value is -1.14. The molecule has 1 aromatic rings. The summed E-state index contributed by atoms with van der Waals surface area (Å²) in [5, 5.41) is -0.393. The van der Waals surface area contributed by atoms with Gasteiger partial charge < -0.3 is 10.5 Å². The van der Waals surface area contributed by atoms with E-state index in [4.69, 9.17) is 10.5 Å². The monoisotopic (exact) mass is 282 g/mol. The maximum Gasteiger partial charge on any atom is 0.200 e. The third-order valence-corrected chi connectivity index (χ3v) is 6.38. The normalized spacial score (nSPS) is 26.0. The van der Waals surface area contributed by atoms with Crippen LogP contribution in [0.4, 0.5) is 5.69 Å². The molecule has 2 N–H and O–H groups in total. The fourth-order valence-electron chi connectivity index (χ4n) is 2.97. The molecule has 1 saturated carbocycles. The second-order valence-corrected chi connectivity index (χ2v) is 7.59. The molecule has 0 aromatic carbocycles. The third-order valence-electron chi connectivity index (χ3n) is 4.22. The van der Waals surface area contributed by atoms with Crippen molar-refractivity contribution >= 4 is 15.5 Å². The van der Waals surface area contributed by atoms with Crippen LogP contribution in [-0.2, 0) is 14.6 Å². The SMILES string of the molecule is Nc1cccnc1S(=O)(=O)C1CCOC2(CCC2)C1. The van der Waals surface area contributed by atoms with E-state index in [1.54, 1.807) is 12.1 Å². The first-order chi connectivity index (χ1) is 9.04. The zero-order chi connectivity index (χ0) is 13.5. The van der Waals surface area contributed by atoms with E-state index in [-0.39, 0.29) is 16.3 Å². The zero-order valence-corrected chi connectivity index (χ0v) is 11.5. The number of pyridine rings is 1. The Kier molecular flexibility index (Phi) is 3.02. The number of hydrogen-bond donors (Lipinski definition) is 1. The van der Waals surface area contributed by atoms with Crippen molar-refractivity contribution in [1.29, 1.82) is 0 Å². The van der Waals surface area contributed by atoms with E-state index in [9.17, 15) is 8.42 Å². The van der Waals surface area contributed by atoms with Crippen molar-refractivity contribution in [2.75, 3.05) is 12.3 Å². The maximum atomic E-state index is 12.6. The molecule has 1 aliphatic heterocycles. The van der Waals surface area contributed by atoms with Gasteiger partial charge in [0.15, 0.2) is 5.03 Å². The van der Waals surface area contributed by atoms with Crippen LogP contribution in [0.5, 0.6) is 0 Å². The first kappa shape index (κ1) is 12.9. The molecule has 1 atom stereocenters. The molecule has 2 heterocycles. The lowest BCUT2D eigenvalue weighted by Gasteiger charge is -2.46. The first-order valence-corrected chi connectivity index (χ1v) is 8.17. The molecule has 1 saturated heterocycles. The van der Waals surface area contributed by atoms with E-state index < -0.39 is 15.1 Å². The van der Waals surface area contributed by atoms with Crippen LogP contribution in [0.25, 0.3) is 0 Å². The predicted molar refractivity (Wildman–Crippen MR) is 71.4 cm³/mol. The second kappa shape index (κ2) is 4.45. The molecule has 1 aromatic heterocycles. The summed E-state index contributed by atoms with van der Waals surface area (Å²) in [6.07, 6.45) is 5.64. The smallest absolute Gasteiger partial charge is 0.200 e. The average Bonchev–Trinajstić information content (AvgIpc) is 2.37. The Balaban J connectivity index is 1.90. The standard InChI is InChI=1S/C13H18N2O3S/c14-11-3-1-7-15-12(11)19(16,17)10-4-8-18-13(9-10)5-2-6-13/h1,3,7,10H,2,4-6,8-9,14H2. The van der Waals surface area contributed by atoms with Crippen molar-refractivity contribution in [3.05, 3.63) is 18.3 Å². The lowest BCUT2D eigenvalue weighted by Crippen LogP contribution is -2.49. The molecule has 0 bridgehead atoms. The van der Waals surface area contributed by atoms with E-state index in [1.807, 2.05) is 0 Å². The number of hydrogen-bond acceptors (Lipinski definition) is 5. The Labute approximate surface area is 113 Å². The van der Waals surface area contributed by atoms with Crippen LogP contribution in [0.15, 0.2) is 23.4 Å². The lowest BCUT2D eigenvalue weighted by atomic mass is 9.75. The highest BCUT2D eigenvalue weighted by molar-refractivity contribution is 7.92. The van der Waals surface area contributed by atoms with Crippen molar-refractivity contribution in [3.63, 3.8) is 0 Å². The summed E-state index contributed by atoms with van der Waals surface area (Å²) in [5.74, 6) is 0. The molecule has 104 valence electrons. The Morgan fingerprint density at radius 2 is 2.21 bits per heavy atom. The molecule has 19 heavy (non-hydrogen) atoms. The fraction of sp³-hybridized carbons (Fsp3) is 0.615. The van der Waals surface area contributed by atoms with E-state index in [0.717, 1.165) is 19.3 Å². The van der Waals surface area contributed by atoms with Gasteiger partial charge in [0, 0.05) is 12.8 Å². The van der Waals surface area contributed by atoms with Crippen LogP contribution in [0, 0.1) is 0 Å². The Bertz CT molecular complexity index is 581. The number of sulfone groups is 1. The summed E-state index contributed by atoms with van der Waals surface area (Å²) < 4.78 is 31.1. The van der Waals surface area contributed by atoms with Gasteiger partial charge in [0.2, 0.25) is 9.84 Å². The van der Waals surface area contributed by atoms with Gasteiger partial charge in [-0.2, -0.15) is 0 Å². The lowest BCUT2D eigenvalue weighted by molar-refractivity contribution is -0.125. The quantitative estimate of drug-likeness (QED) is 0.889. The minimum atomic E-state index is -3.46. The number of rotatable bonds is 2. The fourth-order valence-corrected chi connectivity index (χ4v) is 4.82. The highest BCUT2D eigenvalue weighted by Gasteiger charge is 2.46. The predicted octanol–water partition coefficient (Wildman–Crippen LogP) is 1.54. The van der Waals surface area contributed by atoms with Gasteiger partial charge in [0.25, 0.3) is 0 Å². The van der Waals surface area contributed by atoms with Gasteiger partial charge in [0.1, 0.15) is 0 Å². The van der Waals surface area contributed by atoms with Crippen LogP contribution in [0.3, 0.4) is 0 Å². The van der Waals surface area contributed by atoms with E-state index in [0.29, 0.717) is 19.4 Å². The van der Waals surface area contributed by atoms with Gasteiger partial charge >= 0.3 is 0 Å². The van der Waals surface area contributed by atoms with Crippen LogP contribution < -0.4 is 5.73 Å². The van der Waals surface area contributed by atoms with Crippen molar-refractivity contribution in [2.24, 2.45) is 0 Å². The van der Waals surface area contributed by atoms with Crippen molar-refractivity contribution < 1.29 is 13.2 Å². The molecular weight excluding hydrogens is 264 g/mol. The molecule has 0 radical (unpaired) electrons. The maximum absolute atomic E-state index is 12.6. The van der Waals surface area contributed by atoms with Crippen LogP contribution in [0.1, 0.15) is 32.1 Å². The summed E-state index contributed by atoms with van der Waals surface area (Å²) >= 11 is 0. The van der Waals surface area contributed by atoms with Crippen LogP contribution in [0.2, 0.25) is 0 Å². The molecule has 5 nitrogen and oxygen atoms in total. The Morgan fingerprint density at radius 3 is 2.84 bits per heavy atom. The second-order valence-electron chi connectivity index (χ2n) is 5.44. The van der Waals surface area contributed by atoms with Crippen molar-refractivity contribution in [2.45, 2.75) is 48.0 Å². The molecule has 1 unspecified atom stereocenters. The van der Waals surface area contributed by atoms with E-state index >= 15 is 0 Å². The minimum Gasteiger partial charge on any atom is -0.396 e. The molecule has 2 aliphatic rings. The molecule has 2 fully saturated rings. The van der Waals surface area contributed by atoms with Gasteiger partial charge in [-0.15, -0.1) is 0 Å². The largest absolute Gasteiger partial charge is 0.396 e. The molecular formula is C13H18N2O3S. The van der Waals surface area contributed by atoms with Crippen LogP contribution in [-0.4, -0.2) is 30.9 Å². The van der Waals surface area contributed by atoms with Gasteiger partial charge in [-0.3, -0.25) is 0 Å². The van der Waals surface area contributed by atoms with Gasteiger partial charge in [-0.25, -0.2) is 13.4 Å². The molecule has 6 heteroatoms. The summed E-state index contributed by atoms with van der Waals surface area (Å²) in [4.78, 5) is 3.96. The number of anilines is 1. The average molecular weight is 282 g/mol. The number of nitrogens with zero attached hydrogens (tertiary/aromatic N) is 1. The number of nitrogens with two attached hydrogens (primary N) is 1. The molecule has 3 rings (SSSR count). The van der Waals surface area contributed by atoms with Gasteiger partial charge in [-0.05, 0) is 44.2 Å². The van der Waals surface area contributed by atoms with Crippen LogP contribution >= 0.6 is 0 Å². The number of aromatic nitrogens is 1. The van der Waals surface area contributed by atoms with Gasteiger partial charge in [0.05, 0.1) is 16.5 Å². The highest BCUT2D eigenvalue weighted by atomic mass is 32.2. The molecule has 1 spiro atoms. The van der Waals surface area contributed by atoms with Gasteiger partial charge in [-0.1, -0.05) is 0 Å². The summed E-state index contributed by atoms with van der Waals surface area (Å²) in [7, 11) is -3.46. The zero-order valence-electron chi connectivity index (χ0n) is 10.7. The topological polar surface area (TPSA) is 82.3 Å². The van der Waals surface area contributed by atoms with Crippen molar-refractivity contribution in [3.8, 4) is 0 Å². The number of nitrogen functional groups attached to an aromatic ring is 1. The Morgan fingerprint density at radius 1 is 1.42 bits per heavy atom. The van der Waals surface area contributed by atoms with E-state index in [2.05, 4.69) is 4.98 Å². The minimum absolute atomic E-state index is 0.0244. The summed E-state index contributed by atoms with van der Waals surface area (Å²) in [6, 6.07) is 3.23. The number of ether oxygens (including phenoxy) is 1. The molecule has 0 amide bonds. The third kappa shape index (κ3) is 2.12. The summed E-state index contributed by atoms with van der Waals surface area (Å²) in [6.45, 7) is 0.511. The van der Waals surface area contributed by atoms with Crippen molar-refractivity contribution in [1.82, 2.24) is 4.98 Å². The molecule has 1 aliphatic carbocycles.